The van der Waals surface area contributed by atoms with E-state index in [4.69, 9.17) is 5.73 Å². The Morgan fingerprint density at radius 2 is 1.95 bits per heavy atom. The second kappa shape index (κ2) is 7.20. The molecule has 0 aromatic heterocycles. The maximum absolute atomic E-state index is 12.2. The van der Waals surface area contributed by atoms with E-state index in [1.807, 2.05) is 13.0 Å². The van der Waals surface area contributed by atoms with Gasteiger partial charge in [-0.1, -0.05) is 19.1 Å². The highest BCUT2D eigenvalue weighted by Gasteiger charge is 2.21. The number of hydrogen-bond acceptors (Lipinski definition) is 4. The van der Waals surface area contributed by atoms with Crippen LogP contribution in [-0.2, 0) is 9.84 Å². The van der Waals surface area contributed by atoms with E-state index in [1.54, 1.807) is 32.0 Å². The molecule has 0 fully saturated rings. The first-order valence-electron chi connectivity index (χ1n) is 7.04. The third-order valence-electron chi connectivity index (χ3n) is 3.60. The van der Waals surface area contributed by atoms with Crippen molar-refractivity contribution in [3.8, 4) is 0 Å². The molecule has 0 amide bonds. The molecule has 2 unspecified atom stereocenters. The number of aliphatic hydroxyl groups is 1. The van der Waals surface area contributed by atoms with Crippen molar-refractivity contribution in [2.45, 2.75) is 55.8 Å². The molecule has 5 heteroatoms. The standard InChI is InChI=1S/C15H25NO3S/c1-4-12(8-14(17)10-16)13-6-5-7-15(9-13)20(18,19)11(2)3/h5-7,9,11-12,14,17H,4,8,10,16H2,1-3H3. The largest absolute Gasteiger partial charge is 0.392 e. The Labute approximate surface area is 121 Å². The monoisotopic (exact) mass is 299 g/mol. The fourth-order valence-corrected chi connectivity index (χ4v) is 3.29. The molecule has 1 rings (SSSR count). The molecule has 3 N–H and O–H groups in total. The molecule has 2 atom stereocenters. The second-order valence-electron chi connectivity index (χ2n) is 5.40. The van der Waals surface area contributed by atoms with E-state index < -0.39 is 21.2 Å². The van der Waals surface area contributed by atoms with Crippen molar-refractivity contribution in [1.82, 2.24) is 0 Å². The van der Waals surface area contributed by atoms with Crippen LogP contribution in [0.3, 0.4) is 0 Å². The summed E-state index contributed by atoms with van der Waals surface area (Å²) in [5.74, 6) is 0.121. The molecule has 20 heavy (non-hydrogen) atoms. The Balaban J connectivity index is 3.08. The van der Waals surface area contributed by atoms with Crippen LogP contribution in [0.2, 0.25) is 0 Å². The highest BCUT2D eigenvalue weighted by molar-refractivity contribution is 7.92. The number of nitrogens with two attached hydrogens (primary N) is 1. The molecule has 0 bridgehead atoms. The van der Waals surface area contributed by atoms with Gasteiger partial charge in [0.25, 0.3) is 0 Å². The lowest BCUT2D eigenvalue weighted by atomic mass is 9.91. The quantitative estimate of drug-likeness (QED) is 0.807. The van der Waals surface area contributed by atoms with Crippen LogP contribution in [0, 0.1) is 0 Å². The average molecular weight is 299 g/mol. The Bertz CT molecular complexity index is 526. The Hall–Kier alpha value is -0.910. The molecule has 0 saturated heterocycles. The molecular formula is C15H25NO3S. The summed E-state index contributed by atoms with van der Waals surface area (Å²) in [7, 11) is -3.26. The minimum absolute atomic E-state index is 0.121. The van der Waals surface area contributed by atoms with Crippen LogP contribution in [0.25, 0.3) is 0 Å². The lowest BCUT2D eigenvalue weighted by Gasteiger charge is -2.19. The van der Waals surface area contributed by atoms with Crippen molar-refractivity contribution < 1.29 is 13.5 Å². The summed E-state index contributed by atoms with van der Waals surface area (Å²) in [6.45, 7) is 5.60. The van der Waals surface area contributed by atoms with Gasteiger partial charge in [0.15, 0.2) is 9.84 Å². The van der Waals surface area contributed by atoms with E-state index in [2.05, 4.69) is 0 Å². The van der Waals surface area contributed by atoms with Gasteiger partial charge in [0.05, 0.1) is 16.2 Å². The highest BCUT2D eigenvalue weighted by atomic mass is 32.2. The van der Waals surface area contributed by atoms with Gasteiger partial charge < -0.3 is 10.8 Å². The van der Waals surface area contributed by atoms with Crippen molar-refractivity contribution in [2.75, 3.05) is 6.54 Å². The molecule has 0 saturated carbocycles. The summed E-state index contributed by atoms with van der Waals surface area (Å²) in [6.07, 6.45) is 0.839. The molecule has 4 nitrogen and oxygen atoms in total. The predicted molar refractivity (Wildman–Crippen MR) is 81.5 cm³/mol. The first kappa shape index (κ1) is 17.1. The number of aliphatic hydroxyl groups excluding tert-OH is 1. The predicted octanol–water partition coefficient (Wildman–Crippen LogP) is 2.07. The molecule has 1 aromatic rings. The van der Waals surface area contributed by atoms with Crippen molar-refractivity contribution in [2.24, 2.45) is 5.73 Å². The summed E-state index contributed by atoms with van der Waals surface area (Å²) in [5.41, 5.74) is 6.39. The molecule has 0 aliphatic carbocycles. The van der Waals surface area contributed by atoms with Crippen LogP contribution in [-0.4, -0.2) is 31.4 Å². The average Bonchev–Trinajstić information content (AvgIpc) is 2.44. The fraction of sp³-hybridized carbons (Fsp3) is 0.600. The third kappa shape index (κ3) is 4.04. The van der Waals surface area contributed by atoms with E-state index in [1.165, 1.54) is 0 Å². The lowest BCUT2D eigenvalue weighted by molar-refractivity contribution is 0.162. The van der Waals surface area contributed by atoms with Crippen molar-refractivity contribution in [3.05, 3.63) is 29.8 Å². The van der Waals surface area contributed by atoms with Crippen LogP contribution in [0.4, 0.5) is 0 Å². The molecule has 1 aromatic carbocycles. The zero-order valence-electron chi connectivity index (χ0n) is 12.4. The molecule has 0 aliphatic rings. The van der Waals surface area contributed by atoms with Gasteiger partial charge in [-0.2, -0.15) is 0 Å². The van der Waals surface area contributed by atoms with Gasteiger partial charge >= 0.3 is 0 Å². The second-order valence-corrected chi connectivity index (χ2v) is 7.90. The van der Waals surface area contributed by atoms with E-state index in [-0.39, 0.29) is 12.5 Å². The normalized spacial score (nSPS) is 15.3. The van der Waals surface area contributed by atoms with E-state index in [0.717, 1.165) is 12.0 Å². The molecular weight excluding hydrogens is 274 g/mol. The molecule has 0 radical (unpaired) electrons. The van der Waals surface area contributed by atoms with Crippen LogP contribution < -0.4 is 5.73 Å². The number of rotatable bonds is 7. The maximum atomic E-state index is 12.2. The van der Waals surface area contributed by atoms with Gasteiger partial charge in [0.2, 0.25) is 0 Å². The number of sulfone groups is 1. The summed E-state index contributed by atoms with van der Waals surface area (Å²) < 4.78 is 24.4. The molecule has 114 valence electrons. The zero-order chi connectivity index (χ0) is 15.3. The van der Waals surface area contributed by atoms with Crippen molar-refractivity contribution in [3.63, 3.8) is 0 Å². The summed E-state index contributed by atoms with van der Waals surface area (Å²) in [6, 6.07) is 7.04. The van der Waals surface area contributed by atoms with Gasteiger partial charge in [0, 0.05) is 6.54 Å². The summed E-state index contributed by atoms with van der Waals surface area (Å²) in [5, 5.41) is 9.26. The van der Waals surface area contributed by atoms with Gasteiger partial charge in [0.1, 0.15) is 0 Å². The molecule has 0 spiro atoms. The maximum Gasteiger partial charge on any atom is 0.180 e. The van der Waals surface area contributed by atoms with Crippen LogP contribution in [0.1, 0.15) is 45.1 Å². The Morgan fingerprint density at radius 3 is 2.45 bits per heavy atom. The minimum atomic E-state index is -3.26. The molecule has 0 aliphatic heterocycles. The Morgan fingerprint density at radius 1 is 1.30 bits per heavy atom. The molecule has 0 heterocycles. The van der Waals surface area contributed by atoms with Gasteiger partial charge in [-0.3, -0.25) is 0 Å². The topological polar surface area (TPSA) is 80.4 Å². The summed E-state index contributed by atoms with van der Waals surface area (Å²) in [4.78, 5) is 0.352. The van der Waals surface area contributed by atoms with Crippen LogP contribution in [0.5, 0.6) is 0 Å². The van der Waals surface area contributed by atoms with Crippen LogP contribution >= 0.6 is 0 Å². The summed E-state index contributed by atoms with van der Waals surface area (Å²) >= 11 is 0. The van der Waals surface area contributed by atoms with Gasteiger partial charge in [-0.25, -0.2) is 8.42 Å². The third-order valence-corrected chi connectivity index (χ3v) is 5.75. The fourth-order valence-electron chi connectivity index (χ4n) is 2.18. The number of hydrogen-bond donors (Lipinski definition) is 2. The van der Waals surface area contributed by atoms with E-state index in [0.29, 0.717) is 11.3 Å². The van der Waals surface area contributed by atoms with Crippen molar-refractivity contribution >= 4 is 9.84 Å². The van der Waals surface area contributed by atoms with Crippen LogP contribution in [0.15, 0.2) is 29.2 Å². The SMILES string of the molecule is CCC(CC(O)CN)c1cccc(S(=O)(=O)C(C)C)c1. The smallest absolute Gasteiger partial charge is 0.180 e. The lowest BCUT2D eigenvalue weighted by Crippen LogP contribution is -2.22. The van der Waals surface area contributed by atoms with Gasteiger partial charge in [-0.15, -0.1) is 0 Å². The van der Waals surface area contributed by atoms with E-state index in [9.17, 15) is 13.5 Å². The minimum Gasteiger partial charge on any atom is -0.392 e. The first-order valence-corrected chi connectivity index (χ1v) is 8.59. The van der Waals surface area contributed by atoms with E-state index >= 15 is 0 Å². The zero-order valence-corrected chi connectivity index (χ0v) is 13.2. The van der Waals surface area contributed by atoms with Gasteiger partial charge in [-0.05, 0) is 50.3 Å². The van der Waals surface area contributed by atoms with Crippen molar-refractivity contribution in [1.29, 1.82) is 0 Å². The Kier molecular flexibility index (Phi) is 6.17. The first-order chi connectivity index (χ1) is 9.32. The highest BCUT2D eigenvalue weighted by Crippen LogP contribution is 2.27. The number of benzene rings is 1.